The van der Waals surface area contributed by atoms with Crippen molar-refractivity contribution in [2.24, 2.45) is 0 Å². The molecule has 2 aromatic rings. The molecule has 3 heterocycles. The lowest BCUT2D eigenvalue weighted by Crippen LogP contribution is -2.39. The van der Waals surface area contributed by atoms with Crippen molar-refractivity contribution < 1.29 is 4.79 Å². The Morgan fingerprint density at radius 1 is 1.50 bits per heavy atom. The molecule has 1 aliphatic heterocycles. The van der Waals surface area contributed by atoms with Crippen molar-refractivity contribution in [3.05, 3.63) is 26.7 Å². The molecule has 1 aliphatic rings. The van der Waals surface area contributed by atoms with Gasteiger partial charge in [-0.25, -0.2) is 4.98 Å². The Bertz CT molecular complexity index is 652. The number of piperidine rings is 1. The predicted molar refractivity (Wildman–Crippen MR) is 88.6 cm³/mol. The molecule has 0 aromatic carbocycles. The summed E-state index contributed by atoms with van der Waals surface area (Å²) in [4.78, 5) is 21.2. The SMILES string of the molecule is CCCc1nnsc1C(=O)N1CCC[C@H](c2ncc(C)s2)C1. The highest BCUT2D eigenvalue weighted by molar-refractivity contribution is 7.11. The summed E-state index contributed by atoms with van der Waals surface area (Å²) in [5.74, 6) is 0.461. The van der Waals surface area contributed by atoms with Crippen LogP contribution in [0.4, 0.5) is 0 Å². The maximum absolute atomic E-state index is 12.8. The molecule has 5 nitrogen and oxygen atoms in total. The average molecular weight is 336 g/mol. The van der Waals surface area contributed by atoms with Crippen LogP contribution in [0.5, 0.6) is 0 Å². The van der Waals surface area contributed by atoms with Gasteiger partial charge in [-0.15, -0.1) is 16.4 Å². The summed E-state index contributed by atoms with van der Waals surface area (Å²) in [6.45, 7) is 5.75. The van der Waals surface area contributed by atoms with Crippen molar-refractivity contribution in [2.75, 3.05) is 13.1 Å². The van der Waals surface area contributed by atoms with E-state index in [0.29, 0.717) is 5.92 Å². The van der Waals surface area contributed by atoms with Gasteiger partial charge in [-0.3, -0.25) is 4.79 Å². The predicted octanol–water partition coefficient (Wildman–Crippen LogP) is 3.28. The number of rotatable bonds is 4. The fourth-order valence-electron chi connectivity index (χ4n) is 2.84. The van der Waals surface area contributed by atoms with Crippen molar-refractivity contribution in [2.45, 2.75) is 45.4 Å². The minimum absolute atomic E-state index is 0.0939. The lowest BCUT2D eigenvalue weighted by Gasteiger charge is -2.31. The Morgan fingerprint density at radius 3 is 3.09 bits per heavy atom. The lowest BCUT2D eigenvalue weighted by molar-refractivity contribution is 0.0710. The van der Waals surface area contributed by atoms with Crippen LogP contribution in [0.3, 0.4) is 0 Å². The first-order valence-electron chi connectivity index (χ1n) is 7.72. The third-order valence-electron chi connectivity index (χ3n) is 3.93. The second-order valence-electron chi connectivity index (χ2n) is 5.70. The summed E-state index contributed by atoms with van der Waals surface area (Å²) in [6, 6.07) is 0. The number of carbonyl (C=O) groups excluding carboxylic acids is 1. The molecule has 2 aromatic heterocycles. The van der Waals surface area contributed by atoms with E-state index in [4.69, 9.17) is 0 Å². The maximum atomic E-state index is 12.8. The van der Waals surface area contributed by atoms with E-state index >= 15 is 0 Å². The maximum Gasteiger partial charge on any atom is 0.267 e. The second-order valence-corrected chi connectivity index (χ2v) is 7.72. The van der Waals surface area contributed by atoms with E-state index in [9.17, 15) is 4.79 Å². The molecule has 3 rings (SSSR count). The quantitative estimate of drug-likeness (QED) is 0.860. The first-order chi connectivity index (χ1) is 10.7. The van der Waals surface area contributed by atoms with E-state index in [1.54, 1.807) is 11.3 Å². The van der Waals surface area contributed by atoms with Crippen molar-refractivity contribution in [3.8, 4) is 0 Å². The Labute approximate surface area is 138 Å². The molecule has 0 aliphatic carbocycles. The van der Waals surface area contributed by atoms with Gasteiger partial charge in [-0.1, -0.05) is 17.8 Å². The van der Waals surface area contributed by atoms with Gasteiger partial charge in [-0.2, -0.15) is 0 Å². The Kier molecular flexibility index (Phi) is 4.83. The standard InChI is InChI=1S/C15H20N4OS2/c1-3-5-12-13(22-18-17-12)15(20)19-7-4-6-11(9-19)14-16-8-10(2)21-14/h8,11H,3-7,9H2,1-2H3/t11-/m0/s1. The first-order valence-corrected chi connectivity index (χ1v) is 9.30. The van der Waals surface area contributed by atoms with Crippen LogP contribution in [0, 0.1) is 6.92 Å². The van der Waals surface area contributed by atoms with Crippen LogP contribution in [0.1, 0.15) is 57.4 Å². The number of thiazole rings is 1. The minimum atomic E-state index is 0.0939. The van der Waals surface area contributed by atoms with E-state index < -0.39 is 0 Å². The van der Waals surface area contributed by atoms with E-state index in [0.717, 1.165) is 54.4 Å². The van der Waals surface area contributed by atoms with Gasteiger partial charge in [0.2, 0.25) is 0 Å². The van der Waals surface area contributed by atoms with Gasteiger partial charge in [0.05, 0.1) is 10.7 Å². The van der Waals surface area contributed by atoms with Gasteiger partial charge < -0.3 is 4.90 Å². The largest absolute Gasteiger partial charge is 0.337 e. The van der Waals surface area contributed by atoms with Crippen LogP contribution in [-0.2, 0) is 6.42 Å². The molecule has 1 atom stereocenters. The summed E-state index contributed by atoms with van der Waals surface area (Å²) in [6.07, 6.45) is 5.87. The molecule has 0 bridgehead atoms. The molecule has 0 N–H and O–H groups in total. The molecule has 0 saturated carbocycles. The van der Waals surface area contributed by atoms with Crippen LogP contribution in [0.25, 0.3) is 0 Å². The number of aryl methyl sites for hydroxylation is 2. The number of hydrogen-bond acceptors (Lipinski definition) is 6. The zero-order valence-electron chi connectivity index (χ0n) is 12.9. The zero-order valence-corrected chi connectivity index (χ0v) is 14.5. The highest BCUT2D eigenvalue weighted by Gasteiger charge is 2.29. The average Bonchev–Trinajstić information content (AvgIpc) is 3.16. The summed E-state index contributed by atoms with van der Waals surface area (Å²) in [5, 5.41) is 5.27. The molecule has 7 heteroatoms. The van der Waals surface area contributed by atoms with Crippen molar-refractivity contribution in [1.29, 1.82) is 0 Å². The Balaban J connectivity index is 1.74. The fraction of sp³-hybridized carbons (Fsp3) is 0.600. The number of nitrogens with zero attached hydrogens (tertiary/aromatic N) is 4. The monoisotopic (exact) mass is 336 g/mol. The molecular weight excluding hydrogens is 316 g/mol. The van der Waals surface area contributed by atoms with Gasteiger partial charge in [0, 0.05) is 30.1 Å². The third-order valence-corrected chi connectivity index (χ3v) is 5.77. The number of likely N-dealkylation sites (tertiary alicyclic amines) is 1. The van der Waals surface area contributed by atoms with Crippen LogP contribution in [0.2, 0.25) is 0 Å². The van der Waals surface area contributed by atoms with E-state index in [1.807, 2.05) is 11.1 Å². The third kappa shape index (κ3) is 3.20. The Morgan fingerprint density at radius 2 is 2.36 bits per heavy atom. The van der Waals surface area contributed by atoms with Crippen LogP contribution in [-0.4, -0.2) is 38.5 Å². The highest BCUT2D eigenvalue weighted by Crippen LogP contribution is 2.31. The van der Waals surface area contributed by atoms with E-state index in [2.05, 4.69) is 28.4 Å². The second kappa shape index (κ2) is 6.83. The van der Waals surface area contributed by atoms with Crippen LogP contribution in [0.15, 0.2) is 6.20 Å². The topological polar surface area (TPSA) is 59.0 Å². The molecule has 22 heavy (non-hydrogen) atoms. The number of carbonyl (C=O) groups is 1. The van der Waals surface area contributed by atoms with Crippen LogP contribution < -0.4 is 0 Å². The summed E-state index contributed by atoms with van der Waals surface area (Å²) >= 11 is 2.97. The van der Waals surface area contributed by atoms with Crippen molar-refractivity contribution >= 4 is 28.8 Å². The summed E-state index contributed by atoms with van der Waals surface area (Å²) in [5.41, 5.74) is 0.852. The lowest BCUT2D eigenvalue weighted by atomic mass is 9.98. The van der Waals surface area contributed by atoms with Crippen molar-refractivity contribution in [1.82, 2.24) is 19.5 Å². The number of aromatic nitrogens is 3. The normalized spacial score (nSPS) is 18.6. The van der Waals surface area contributed by atoms with Gasteiger partial charge in [-0.05, 0) is 37.7 Å². The molecule has 118 valence electrons. The van der Waals surface area contributed by atoms with E-state index in [-0.39, 0.29) is 5.91 Å². The zero-order chi connectivity index (χ0) is 15.5. The number of amides is 1. The number of hydrogen-bond donors (Lipinski definition) is 0. The van der Waals surface area contributed by atoms with Gasteiger partial charge >= 0.3 is 0 Å². The van der Waals surface area contributed by atoms with Crippen LogP contribution >= 0.6 is 22.9 Å². The molecule has 1 saturated heterocycles. The summed E-state index contributed by atoms with van der Waals surface area (Å²) in [7, 11) is 0. The van der Waals surface area contributed by atoms with Crippen molar-refractivity contribution in [3.63, 3.8) is 0 Å². The first kappa shape index (κ1) is 15.6. The summed E-state index contributed by atoms with van der Waals surface area (Å²) < 4.78 is 3.97. The minimum Gasteiger partial charge on any atom is -0.337 e. The molecule has 0 unspecified atom stereocenters. The van der Waals surface area contributed by atoms with E-state index in [1.165, 1.54) is 16.4 Å². The molecule has 1 amide bonds. The smallest absolute Gasteiger partial charge is 0.267 e. The molecular formula is C15H20N4OS2. The molecule has 0 spiro atoms. The molecule has 1 fully saturated rings. The van der Waals surface area contributed by atoms with Gasteiger partial charge in [0.15, 0.2) is 0 Å². The van der Waals surface area contributed by atoms with Gasteiger partial charge in [0.25, 0.3) is 5.91 Å². The van der Waals surface area contributed by atoms with Gasteiger partial charge in [0.1, 0.15) is 4.88 Å². The molecule has 0 radical (unpaired) electrons. The Hall–Kier alpha value is -1.34. The highest BCUT2D eigenvalue weighted by atomic mass is 32.1. The fourth-order valence-corrected chi connectivity index (χ4v) is 4.42.